The molecule has 0 saturated carbocycles. The molecule has 0 aliphatic heterocycles. The van der Waals surface area contributed by atoms with Crippen LogP contribution in [0.5, 0.6) is 0 Å². The zero-order chi connectivity index (χ0) is 33.3. The molecule has 49 heavy (non-hydrogen) atoms. The average Bonchev–Trinajstić information content (AvgIpc) is 3.57. The van der Waals surface area contributed by atoms with Crippen molar-refractivity contribution in [3.05, 3.63) is 180 Å². The minimum atomic E-state index is -0.176. The Kier molecular flexibility index (Phi) is 6.64. The number of aromatic nitrogens is 1. The Balaban J connectivity index is 1.14. The summed E-state index contributed by atoms with van der Waals surface area (Å²) >= 11 is 0. The van der Waals surface area contributed by atoms with E-state index in [2.05, 4.69) is 195 Å². The van der Waals surface area contributed by atoms with Gasteiger partial charge in [-0.25, -0.2) is 0 Å². The molecule has 0 radical (unpaired) electrons. The lowest BCUT2D eigenvalue weighted by molar-refractivity contribution is 0.660. The second-order valence-corrected chi connectivity index (χ2v) is 14.0. The third-order valence-electron chi connectivity index (χ3n) is 10.4. The Labute approximate surface area is 288 Å². The number of benzene rings is 7. The van der Waals surface area contributed by atoms with Gasteiger partial charge in [0.05, 0.1) is 11.0 Å². The molecule has 2 heteroatoms. The lowest BCUT2D eigenvalue weighted by Gasteiger charge is -2.28. The highest BCUT2D eigenvalue weighted by atomic mass is 15.1. The van der Waals surface area contributed by atoms with Gasteiger partial charge in [0.2, 0.25) is 0 Å². The SMILES string of the molecule is Cc1cc(C)cc(-c2ccc(N(c3ccccc3)c3ccc4c(c3)C(C)(C)c3cc(-n5c6ccccc6c6ccccc65)ccc3-4)cc2)c1. The fourth-order valence-electron chi connectivity index (χ4n) is 8.16. The van der Waals surface area contributed by atoms with Crippen LogP contribution in [0.1, 0.15) is 36.1 Å². The lowest BCUT2D eigenvalue weighted by atomic mass is 9.82. The minimum Gasteiger partial charge on any atom is -0.310 e. The summed E-state index contributed by atoms with van der Waals surface area (Å²) in [6.07, 6.45) is 0. The molecule has 9 rings (SSSR count). The van der Waals surface area contributed by atoms with E-state index in [9.17, 15) is 0 Å². The number of anilines is 3. The van der Waals surface area contributed by atoms with Crippen LogP contribution < -0.4 is 4.90 Å². The first-order valence-electron chi connectivity index (χ1n) is 17.2. The molecule has 0 bridgehead atoms. The number of fused-ring (bicyclic) bond motifs is 6. The Morgan fingerprint density at radius 2 is 0.980 bits per heavy atom. The largest absolute Gasteiger partial charge is 0.310 e. The van der Waals surface area contributed by atoms with Gasteiger partial charge in [-0.05, 0) is 108 Å². The van der Waals surface area contributed by atoms with Gasteiger partial charge in [0.25, 0.3) is 0 Å². The maximum Gasteiger partial charge on any atom is 0.0541 e. The Morgan fingerprint density at radius 3 is 1.63 bits per heavy atom. The van der Waals surface area contributed by atoms with E-state index >= 15 is 0 Å². The average molecular weight is 631 g/mol. The maximum atomic E-state index is 2.43. The molecule has 7 aromatic carbocycles. The summed E-state index contributed by atoms with van der Waals surface area (Å²) in [6, 6.07) is 58.1. The van der Waals surface area contributed by atoms with Crippen molar-refractivity contribution in [2.75, 3.05) is 4.90 Å². The number of hydrogen-bond donors (Lipinski definition) is 0. The van der Waals surface area contributed by atoms with Crippen LogP contribution in [0.2, 0.25) is 0 Å². The standard InChI is InChI=1S/C47H38N2/c1-31-26-32(2)28-34(27-31)33-18-20-36(21-19-33)48(35-12-6-5-7-13-35)37-22-24-39-40-25-23-38(30-44(40)47(3,4)43(39)29-37)49-45-16-10-8-14-41(45)42-15-9-11-17-46(42)49/h5-30H,1-4H3. The van der Waals surface area contributed by atoms with Crippen LogP contribution >= 0.6 is 0 Å². The van der Waals surface area contributed by atoms with Crippen LogP contribution in [0.3, 0.4) is 0 Å². The molecular weight excluding hydrogens is 593 g/mol. The van der Waals surface area contributed by atoms with E-state index in [-0.39, 0.29) is 5.41 Å². The normalized spacial score (nSPS) is 13.1. The zero-order valence-corrected chi connectivity index (χ0v) is 28.4. The molecule has 0 N–H and O–H groups in total. The Morgan fingerprint density at radius 1 is 0.449 bits per heavy atom. The fraction of sp³-hybridized carbons (Fsp3) is 0.106. The molecule has 8 aromatic rings. The number of rotatable bonds is 5. The highest BCUT2D eigenvalue weighted by Crippen LogP contribution is 2.51. The van der Waals surface area contributed by atoms with Crippen molar-refractivity contribution in [3.8, 4) is 27.9 Å². The summed E-state index contributed by atoms with van der Waals surface area (Å²) in [7, 11) is 0. The molecule has 1 heterocycles. The lowest BCUT2D eigenvalue weighted by Crippen LogP contribution is -2.17. The van der Waals surface area contributed by atoms with Crippen molar-refractivity contribution >= 4 is 38.9 Å². The van der Waals surface area contributed by atoms with Crippen molar-refractivity contribution in [2.24, 2.45) is 0 Å². The van der Waals surface area contributed by atoms with Crippen molar-refractivity contribution in [1.29, 1.82) is 0 Å². The summed E-state index contributed by atoms with van der Waals surface area (Å²) in [6.45, 7) is 9.09. The fourth-order valence-corrected chi connectivity index (χ4v) is 8.16. The van der Waals surface area contributed by atoms with E-state index in [1.807, 2.05) is 0 Å². The first-order valence-corrected chi connectivity index (χ1v) is 17.2. The zero-order valence-electron chi connectivity index (χ0n) is 28.4. The van der Waals surface area contributed by atoms with E-state index in [1.165, 1.54) is 72.0 Å². The molecule has 236 valence electrons. The molecule has 1 aliphatic rings. The summed E-state index contributed by atoms with van der Waals surface area (Å²) < 4.78 is 2.42. The first kappa shape index (κ1) is 29.3. The molecular formula is C47H38N2. The third kappa shape index (κ3) is 4.70. The highest BCUT2D eigenvalue weighted by Gasteiger charge is 2.36. The van der Waals surface area contributed by atoms with E-state index in [0.29, 0.717) is 0 Å². The van der Waals surface area contributed by atoms with E-state index < -0.39 is 0 Å². The summed E-state index contributed by atoms with van der Waals surface area (Å²) in [5.41, 5.74) is 17.4. The van der Waals surface area contributed by atoms with Crippen LogP contribution in [0.25, 0.3) is 49.7 Å². The van der Waals surface area contributed by atoms with Crippen LogP contribution in [0.4, 0.5) is 17.1 Å². The van der Waals surface area contributed by atoms with Gasteiger partial charge in [0, 0.05) is 38.9 Å². The predicted molar refractivity (Wildman–Crippen MR) is 208 cm³/mol. The molecule has 0 amide bonds. The van der Waals surface area contributed by atoms with E-state index in [1.54, 1.807) is 0 Å². The molecule has 1 aromatic heterocycles. The second-order valence-electron chi connectivity index (χ2n) is 14.0. The molecule has 1 aliphatic carbocycles. The quantitative estimate of drug-likeness (QED) is 0.184. The third-order valence-corrected chi connectivity index (χ3v) is 10.4. The summed E-state index contributed by atoms with van der Waals surface area (Å²) in [4.78, 5) is 2.38. The maximum absolute atomic E-state index is 2.43. The molecule has 0 unspecified atom stereocenters. The second kappa shape index (κ2) is 11.1. The van der Waals surface area contributed by atoms with E-state index in [4.69, 9.17) is 0 Å². The van der Waals surface area contributed by atoms with Gasteiger partial charge in [-0.3, -0.25) is 0 Å². The topological polar surface area (TPSA) is 8.17 Å². The van der Waals surface area contributed by atoms with Gasteiger partial charge in [-0.15, -0.1) is 0 Å². The number of hydrogen-bond acceptors (Lipinski definition) is 1. The van der Waals surface area contributed by atoms with Gasteiger partial charge in [0.1, 0.15) is 0 Å². The summed E-state index contributed by atoms with van der Waals surface area (Å²) in [5, 5.41) is 2.57. The van der Waals surface area contributed by atoms with Crippen molar-refractivity contribution in [2.45, 2.75) is 33.1 Å². The molecule has 0 fully saturated rings. The van der Waals surface area contributed by atoms with Crippen molar-refractivity contribution in [1.82, 2.24) is 4.57 Å². The van der Waals surface area contributed by atoms with Gasteiger partial charge < -0.3 is 9.47 Å². The molecule has 0 atom stereocenters. The van der Waals surface area contributed by atoms with Crippen molar-refractivity contribution < 1.29 is 0 Å². The molecule has 0 saturated heterocycles. The highest BCUT2D eigenvalue weighted by molar-refractivity contribution is 6.09. The Hall–Kier alpha value is -5.86. The van der Waals surface area contributed by atoms with Gasteiger partial charge in [0.15, 0.2) is 0 Å². The van der Waals surface area contributed by atoms with Gasteiger partial charge >= 0.3 is 0 Å². The number of aryl methyl sites for hydroxylation is 2. The predicted octanol–water partition coefficient (Wildman–Crippen LogP) is 12.8. The Bertz CT molecular complexity index is 2460. The van der Waals surface area contributed by atoms with Crippen LogP contribution in [0, 0.1) is 13.8 Å². The number of nitrogens with zero attached hydrogens (tertiary/aromatic N) is 2. The van der Waals surface area contributed by atoms with Crippen LogP contribution in [-0.2, 0) is 5.41 Å². The van der Waals surface area contributed by atoms with E-state index in [0.717, 1.165) is 17.1 Å². The molecule has 2 nitrogen and oxygen atoms in total. The smallest absolute Gasteiger partial charge is 0.0541 e. The van der Waals surface area contributed by atoms with Gasteiger partial charge in [-0.2, -0.15) is 0 Å². The number of para-hydroxylation sites is 3. The summed E-state index contributed by atoms with van der Waals surface area (Å²) in [5.74, 6) is 0. The minimum absolute atomic E-state index is 0.176. The monoisotopic (exact) mass is 630 g/mol. The van der Waals surface area contributed by atoms with Gasteiger partial charge in [-0.1, -0.05) is 122 Å². The van der Waals surface area contributed by atoms with Crippen molar-refractivity contribution in [3.63, 3.8) is 0 Å². The van der Waals surface area contributed by atoms with Crippen LogP contribution in [0.15, 0.2) is 158 Å². The van der Waals surface area contributed by atoms with Crippen LogP contribution in [-0.4, -0.2) is 4.57 Å². The molecule has 0 spiro atoms. The first-order chi connectivity index (χ1) is 23.9.